The highest BCUT2D eigenvalue weighted by Crippen LogP contribution is 2.21. The van der Waals surface area contributed by atoms with Crippen molar-refractivity contribution >= 4 is 45.2 Å². The number of benzene rings is 2. The van der Waals surface area contributed by atoms with Gasteiger partial charge < -0.3 is 0 Å². The van der Waals surface area contributed by atoms with Crippen molar-refractivity contribution in [2.24, 2.45) is 0 Å². The van der Waals surface area contributed by atoms with Crippen LogP contribution in [0.1, 0.15) is 22.8 Å². The molecule has 0 saturated heterocycles. The van der Waals surface area contributed by atoms with Crippen molar-refractivity contribution in [3.63, 3.8) is 0 Å². The van der Waals surface area contributed by atoms with Crippen LogP contribution in [-0.4, -0.2) is 14.3 Å². The van der Waals surface area contributed by atoms with Crippen molar-refractivity contribution < 1.29 is 13.2 Å². The van der Waals surface area contributed by atoms with E-state index in [0.717, 1.165) is 0 Å². The molecule has 0 fully saturated rings. The van der Waals surface area contributed by atoms with E-state index in [4.69, 9.17) is 23.2 Å². The van der Waals surface area contributed by atoms with E-state index in [1.165, 1.54) is 31.2 Å². The number of carbonyl (C=O) groups is 1. The van der Waals surface area contributed by atoms with Gasteiger partial charge in [-0.3, -0.25) is 4.79 Å². The number of hydrogen-bond acceptors (Lipinski definition) is 3. The van der Waals surface area contributed by atoms with Gasteiger partial charge in [0.05, 0.1) is 15.5 Å². The van der Waals surface area contributed by atoms with Crippen LogP contribution in [0.5, 0.6) is 0 Å². The van der Waals surface area contributed by atoms with Crippen molar-refractivity contribution in [2.75, 3.05) is 0 Å². The topological polar surface area (TPSA) is 63.2 Å². The average Bonchev–Trinajstić information content (AvgIpc) is 2.47. The highest BCUT2D eigenvalue weighted by Gasteiger charge is 2.20. The third-order valence-electron chi connectivity index (χ3n) is 3.00. The van der Waals surface area contributed by atoms with Crippen LogP contribution in [0.2, 0.25) is 10.0 Å². The molecule has 1 amide bonds. The van der Waals surface area contributed by atoms with Crippen LogP contribution in [0.4, 0.5) is 0 Å². The van der Waals surface area contributed by atoms with Crippen LogP contribution < -0.4 is 4.72 Å². The van der Waals surface area contributed by atoms with Crippen LogP contribution in [0.15, 0.2) is 53.4 Å². The number of amides is 1. The molecular formula is C16H13Cl2NO3S. The van der Waals surface area contributed by atoms with Crippen LogP contribution in [0.25, 0.3) is 6.08 Å². The Kier molecular flexibility index (Phi) is 5.46. The molecule has 7 heteroatoms. The fraction of sp³-hybridized carbons (Fsp3) is 0.0625. The summed E-state index contributed by atoms with van der Waals surface area (Å²) in [6.45, 7) is 1.41. The summed E-state index contributed by atoms with van der Waals surface area (Å²) in [5.41, 5.74) is 0.750. The first-order valence-electron chi connectivity index (χ1n) is 6.55. The normalized spacial score (nSPS) is 12.0. The lowest BCUT2D eigenvalue weighted by molar-refractivity contribution is 0.0982. The molecule has 23 heavy (non-hydrogen) atoms. The zero-order chi connectivity index (χ0) is 17.0. The Morgan fingerprint density at radius 2 is 1.74 bits per heavy atom. The van der Waals surface area contributed by atoms with Gasteiger partial charge in [-0.05, 0) is 36.8 Å². The van der Waals surface area contributed by atoms with E-state index < -0.39 is 15.9 Å². The number of halogens is 2. The summed E-state index contributed by atoms with van der Waals surface area (Å²) in [5.74, 6) is -0.813. The van der Waals surface area contributed by atoms with Crippen molar-refractivity contribution in [1.82, 2.24) is 4.72 Å². The summed E-state index contributed by atoms with van der Waals surface area (Å²) in [5, 5.41) is 0.435. The van der Waals surface area contributed by atoms with E-state index in [1.54, 1.807) is 24.3 Å². The Labute approximate surface area is 144 Å². The smallest absolute Gasteiger partial charge is 0.266 e. The minimum absolute atomic E-state index is 0.0159. The molecule has 0 bridgehead atoms. The standard InChI is InChI=1S/C16H13Cl2NO3S/c1-11(9-12-5-3-2-4-6-12)23(21,22)19-16(20)14-8-7-13(17)10-15(14)18/h2-10H,1H3,(H,19,20)/b11-9+. The number of nitrogens with one attached hydrogen (secondary N) is 1. The molecule has 2 aromatic rings. The SMILES string of the molecule is C/C(=C\c1ccccc1)S(=O)(=O)NC(=O)c1ccc(Cl)cc1Cl. The summed E-state index contributed by atoms with van der Waals surface area (Å²) < 4.78 is 26.4. The Morgan fingerprint density at radius 3 is 2.35 bits per heavy atom. The third kappa shape index (κ3) is 4.58. The van der Waals surface area contributed by atoms with Gasteiger partial charge in [0.1, 0.15) is 0 Å². The van der Waals surface area contributed by atoms with Gasteiger partial charge >= 0.3 is 0 Å². The van der Waals surface area contributed by atoms with Gasteiger partial charge in [0, 0.05) is 5.02 Å². The van der Waals surface area contributed by atoms with Gasteiger partial charge in [-0.1, -0.05) is 53.5 Å². The summed E-state index contributed by atoms with van der Waals surface area (Å²) in [6.07, 6.45) is 1.47. The van der Waals surface area contributed by atoms with Crippen LogP contribution in [0, 0.1) is 0 Å². The number of sulfonamides is 1. The first-order chi connectivity index (χ1) is 10.8. The van der Waals surface area contributed by atoms with E-state index >= 15 is 0 Å². The van der Waals surface area contributed by atoms with Gasteiger partial charge in [0.25, 0.3) is 15.9 Å². The second kappa shape index (κ2) is 7.17. The zero-order valence-corrected chi connectivity index (χ0v) is 14.4. The molecule has 0 radical (unpaired) electrons. The molecule has 1 N–H and O–H groups in total. The Balaban J connectivity index is 2.24. The van der Waals surface area contributed by atoms with Crippen molar-refractivity contribution in [3.8, 4) is 0 Å². The number of rotatable bonds is 4. The minimum Gasteiger partial charge on any atom is -0.268 e. The van der Waals surface area contributed by atoms with Crippen LogP contribution >= 0.6 is 23.2 Å². The zero-order valence-electron chi connectivity index (χ0n) is 12.1. The average molecular weight is 370 g/mol. The summed E-state index contributed by atoms with van der Waals surface area (Å²) in [4.78, 5) is 12.1. The quantitative estimate of drug-likeness (QED) is 0.881. The van der Waals surface area contributed by atoms with Gasteiger partial charge in [-0.25, -0.2) is 13.1 Å². The number of allylic oxidation sites excluding steroid dienone is 1. The minimum atomic E-state index is -3.96. The molecule has 0 aromatic heterocycles. The fourth-order valence-electron chi connectivity index (χ4n) is 1.79. The molecule has 0 aliphatic carbocycles. The molecule has 4 nitrogen and oxygen atoms in total. The molecule has 0 aliphatic rings. The van der Waals surface area contributed by atoms with Crippen molar-refractivity contribution in [3.05, 3.63) is 74.6 Å². The van der Waals surface area contributed by atoms with Crippen molar-refractivity contribution in [2.45, 2.75) is 6.92 Å². The molecule has 2 aromatic carbocycles. The van der Waals surface area contributed by atoms with Gasteiger partial charge in [-0.2, -0.15) is 0 Å². The first kappa shape index (κ1) is 17.5. The largest absolute Gasteiger partial charge is 0.268 e. The highest BCUT2D eigenvalue weighted by molar-refractivity contribution is 7.94. The van der Waals surface area contributed by atoms with E-state index in [9.17, 15) is 13.2 Å². The van der Waals surface area contributed by atoms with E-state index in [1.807, 2.05) is 10.8 Å². The number of hydrogen-bond donors (Lipinski definition) is 1. The maximum Gasteiger partial charge on any atom is 0.266 e. The Morgan fingerprint density at radius 1 is 1.09 bits per heavy atom. The van der Waals surface area contributed by atoms with E-state index in [0.29, 0.717) is 10.6 Å². The summed E-state index contributed by atoms with van der Waals surface area (Å²) in [7, 11) is -3.96. The second-order valence-electron chi connectivity index (χ2n) is 4.72. The molecule has 0 heterocycles. The summed E-state index contributed by atoms with van der Waals surface area (Å²) >= 11 is 11.7. The Hall–Kier alpha value is -1.82. The third-order valence-corrected chi connectivity index (χ3v) is 4.96. The second-order valence-corrected chi connectivity index (χ2v) is 7.42. The van der Waals surface area contributed by atoms with Crippen LogP contribution in [-0.2, 0) is 10.0 Å². The predicted molar refractivity (Wildman–Crippen MR) is 92.9 cm³/mol. The molecule has 0 atom stereocenters. The lowest BCUT2D eigenvalue weighted by atomic mass is 10.2. The number of carbonyl (C=O) groups excluding carboxylic acids is 1. The Bertz CT molecular complexity index is 862. The maximum absolute atomic E-state index is 12.2. The lowest BCUT2D eigenvalue weighted by Crippen LogP contribution is -2.31. The predicted octanol–water partition coefficient (Wildman–Crippen LogP) is 4.11. The van der Waals surface area contributed by atoms with Crippen molar-refractivity contribution in [1.29, 1.82) is 0 Å². The maximum atomic E-state index is 12.2. The monoisotopic (exact) mass is 369 g/mol. The van der Waals surface area contributed by atoms with E-state index in [2.05, 4.69) is 0 Å². The molecule has 0 aliphatic heterocycles. The van der Waals surface area contributed by atoms with E-state index in [-0.39, 0.29) is 15.5 Å². The molecule has 0 unspecified atom stereocenters. The fourth-order valence-corrected chi connectivity index (χ4v) is 3.09. The van der Waals surface area contributed by atoms with Gasteiger partial charge in [0.2, 0.25) is 0 Å². The highest BCUT2D eigenvalue weighted by atomic mass is 35.5. The van der Waals surface area contributed by atoms with Gasteiger partial charge in [0.15, 0.2) is 0 Å². The lowest BCUT2D eigenvalue weighted by Gasteiger charge is -2.08. The van der Waals surface area contributed by atoms with Crippen LogP contribution in [0.3, 0.4) is 0 Å². The first-order valence-corrected chi connectivity index (χ1v) is 8.79. The summed E-state index contributed by atoms with van der Waals surface area (Å²) in [6, 6.07) is 13.1. The molecule has 0 spiro atoms. The van der Waals surface area contributed by atoms with Gasteiger partial charge in [-0.15, -0.1) is 0 Å². The molecular weight excluding hydrogens is 357 g/mol. The molecule has 2 rings (SSSR count). The molecule has 0 saturated carbocycles. The molecule has 120 valence electrons.